The Hall–Kier alpha value is -3.76. The van der Waals surface area contributed by atoms with Crippen LogP contribution in [-0.2, 0) is 47.2 Å². The molecule has 0 N–H and O–H groups in total. The van der Waals surface area contributed by atoms with Crippen LogP contribution in [0, 0.1) is 6.92 Å². The van der Waals surface area contributed by atoms with Crippen molar-refractivity contribution in [2.45, 2.75) is 109 Å². The summed E-state index contributed by atoms with van der Waals surface area (Å²) in [6.07, 6.45) is 3.27. The van der Waals surface area contributed by atoms with Crippen molar-refractivity contribution in [2.24, 2.45) is 0 Å². The Balaban J connectivity index is 0.000000199. The number of nitrogens with zero attached hydrogens (tertiary/aromatic N) is 2. The SMILES string of the molecule is [CH2-]C1N(c2c(C(C)C)cccc2C(C)C)C(C)(C)CC12CCc1cc(OC)c(OC)cc12.[Cl][Ru]=[CH]c1ccccc1CN(Cc1ccccc1)Cc1ccccc1. The van der Waals surface area contributed by atoms with E-state index in [-0.39, 0.29) is 32.7 Å². The van der Waals surface area contributed by atoms with Crippen molar-refractivity contribution in [1.29, 1.82) is 0 Å². The van der Waals surface area contributed by atoms with Gasteiger partial charge < -0.3 is 21.3 Å². The van der Waals surface area contributed by atoms with Gasteiger partial charge in [0.25, 0.3) is 0 Å². The van der Waals surface area contributed by atoms with Gasteiger partial charge in [-0.25, -0.2) is 0 Å². The van der Waals surface area contributed by atoms with Gasteiger partial charge in [-0.2, -0.15) is 0 Å². The van der Waals surface area contributed by atoms with Gasteiger partial charge in [0.2, 0.25) is 0 Å². The summed E-state index contributed by atoms with van der Waals surface area (Å²) in [5.41, 5.74) is 12.3. The zero-order valence-electron chi connectivity index (χ0n) is 35.2. The summed E-state index contributed by atoms with van der Waals surface area (Å²) >= 11 is -0.216. The molecule has 6 heteroatoms. The Kier molecular flexibility index (Phi) is 14.2. The Bertz CT molecular complexity index is 2050. The predicted octanol–water partition coefficient (Wildman–Crippen LogP) is 12.3. The van der Waals surface area contributed by atoms with Crippen molar-refractivity contribution in [3.8, 4) is 11.5 Å². The Morgan fingerprint density at radius 1 is 0.772 bits per heavy atom. The zero-order chi connectivity index (χ0) is 40.7. The second-order valence-electron chi connectivity index (χ2n) is 17.0. The van der Waals surface area contributed by atoms with E-state index in [0.717, 1.165) is 50.4 Å². The van der Waals surface area contributed by atoms with Crippen LogP contribution in [-0.4, -0.2) is 35.3 Å². The van der Waals surface area contributed by atoms with Crippen LogP contribution in [0.15, 0.2) is 115 Å². The average Bonchev–Trinajstić information content (AvgIpc) is 3.66. The number of anilines is 1. The summed E-state index contributed by atoms with van der Waals surface area (Å²) in [6, 6.07) is 41.3. The molecular weight excluding hydrogens is 809 g/mol. The maximum absolute atomic E-state index is 6.02. The fourth-order valence-corrected chi connectivity index (χ4v) is 10.6. The molecule has 1 fully saturated rings. The third-order valence-corrected chi connectivity index (χ3v) is 13.2. The monoisotopic (exact) mass is 870 g/mol. The molecule has 4 nitrogen and oxygen atoms in total. The number of ether oxygens (including phenoxy) is 2. The molecule has 303 valence electrons. The molecule has 0 aromatic heterocycles. The molecule has 0 amide bonds. The Morgan fingerprint density at radius 3 is 1.86 bits per heavy atom. The maximum atomic E-state index is 6.02. The minimum atomic E-state index is -0.216. The van der Waals surface area contributed by atoms with Crippen molar-refractivity contribution in [3.05, 3.63) is 167 Å². The number of hydrogen-bond donors (Lipinski definition) is 0. The minimum absolute atomic E-state index is 0.00414. The number of aryl methyl sites for hydroxylation is 1. The van der Waals surface area contributed by atoms with Gasteiger partial charge in [-0.05, 0) is 84.7 Å². The van der Waals surface area contributed by atoms with Crippen LogP contribution in [0.5, 0.6) is 11.5 Å². The first-order valence-corrected chi connectivity index (χ1v) is 23.6. The molecular formula is C51H61ClN2O2Ru-. The van der Waals surface area contributed by atoms with E-state index in [4.69, 9.17) is 26.1 Å². The molecule has 0 radical (unpaired) electrons. The number of para-hydroxylation sites is 1. The van der Waals surface area contributed by atoms with Gasteiger partial charge in [-0.3, -0.25) is 0 Å². The third-order valence-electron chi connectivity index (χ3n) is 12.0. The van der Waals surface area contributed by atoms with Gasteiger partial charge in [0.1, 0.15) is 0 Å². The summed E-state index contributed by atoms with van der Waals surface area (Å²) < 4.78 is 13.5. The second-order valence-corrected chi connectivity index (χ2v) is 18.8. The van der Waals surface area contributed by atoms with E-state index in [1.54, 1.807) is 14.2 Å². The quantitative estimate of drug-likeness (QED) is 0.0921. The summed E-state index contributed by atoms with van der Waals surface area (Å²) in [4.78, 5) is 5.16. The van der Waals surface area contributed by atoms with Crippen LogP contribution in [0.25, 0.3) is 0 Å². The molecule has 1 aliphatic carbocycles. The molecule has 7 rings (SSSR count). The standard InChI is InChI=1S/C29H40NO2.C22H21N.ClH.Ru/c1-18(2)22-11-10-12-23(19(3)4)27(22)30-20(5)29(17-28(30,6)7)14-13-21-15-25(31-8)26(32-9)16-24(21)29;1-19-10-8-9-15-22(19)18-23(16-20-11-4-2-5-12-20)17-21-13-6-3-7-14-21;;/h10-12,15-16,18-20H,5,13-14,17H2,1-4,6-9H3;1-15H,16-18H2;1H;/q-1;;;+1/p-1. The third kappa shape index (κ3) is 9.43. The van der Waals surface area contributed by atoms with Gasteiger partial charge in [0.15, 0.2) is 11.5 Å². The molecule has 5 aromatic carbocycles. The molecule has 2 unspecified atom stereocenters. The predicted molar refractivity (Wildman–Crippen MR) is 238 cm³/mol. The summed E-state index contributed by atoms with van der Waals surface area (Å²) in [7, 11) is 9.47. The first-order valence-electron chi connectivity index (χ1n) is 20.4. The number of fused-ring (bicyclic) bond motifs is 2. The van der Waals surface area contributed by atoms with E-state index in [1.807, 2.05) is 0 Å². The molecule has 0 bridgehead atoms. The van der Waals surface area contributed by atoms with Crippen molar-refractivity contribution in [1.82, 2.24) is 4.90 Å². The molecule has 57 heavy (non-hydrogen) atoms. The van der Waals surface area contributed by atoms with E-state index in [2.05, 4.69) is 171 Å². The van der Waals surface area contributed by atoms with Gasteiger partial charge in [0.05, 0.1) is 14.2 Å². The zero-order valence-corrected chi connectivity index (χ0v) is 37.7. The number of rotatable bonds is 12. The molecule has 1 saturated heterocycles. The van der Waals surface area contributed by atoms with Gasteiger partial charge in [-0.1, -0.05) is 51.9 Å². The van der Waals surface area contributed by atoms with Gasteiger partial charge >= 0.3 is 162 Å². The molecule has 1 aliphatic heterocycles. The Labute approximate surface area is 354 Å². The Morgan fingerprint density at radius 2 is 1.32 bits per heavy atom. The first kappa shape index (κ1) is 42.8. The van der Waals surface area contributed by atoms with Crippen LogP contribution in [0.1, 0.15) is 111 Å². The molecule has 1 spiro atoms. The summed E-state index contributed by atoms with van der Waals surface area (Å²) in [5.74, 6) is 2.57. The number of benzene rings is 5. The van der Waals surface area contributed by atoms with Crippen LogP contribution in [0.3, 0.4) is 0 Å². The number of methoxy groups -OCH3 is 2. The van der Waals surface area contributed by atoms with E-state index in [0.29, 0.717) is 11.8 Å². The molecule has 0 saturated carbocycles. The molecule has 5 aromatic rings. The van der Waals surface area contributed by atoms with Crippen LogP contribution in [0.2, 0.25) is 0 Å². The van der Waals surface area contributed by atoms with Crippen molar-refractivity contribution in [2.75, 3.05) is 19.1 Å². The molecule has 1 heterocycles. The average molecular weight is 871 g/mol. The van der Waals surface area contributed by atoms with E-state index in [9.17, 15) is 0 Å². The molecule has 2 atom stereocenters. The van der Waals surface area contributed by atoms with Crippen molar-refractivity contribution in [3.63, 3.8) is 0 Å². The van der Waals surface area contributed by atoms with Crippen LogP contribution >= 0.6 is 9.69 Å². The number of hydrogen-bond acceptors (Lipinski definition) is 4. The summed E-state index contributed by atoms with van der Waals surface area (Å²) in [6.45, 7) is 21.7. The fourth-order valence-electron chi connectivity index (χ4n) is 9.42. The van der Waals surface area contributed by atoms with E-state index >= 15 is 0 Å². The normalized spacial score (nSPS) is 18.5. The van der Waals surface area contributed by atoms with E-state index < -0.39 is 0 Å². The van der Waals surface area contributed by atoms with Gasteiger partial charge in [0, 0.05) is 11.2 Å². The van der Waals surface area contributed by atoms with Crippen molar-refractivity contribution >= 4 is 20.0 Å². The fraction of sp³-hybridized carbons (Fsp3) is 0.373. The second kappa shape index (κ2) is 18.9. The van der Waals surface area contributed by atoms with E-state index in [1.165, 1.54) is 50.2 Å². The summed E-state index contributed by atoms with van der Waals surface area (Å²) in [5, 5.41) is 0. The van der Waals surface area contributed by atoms with Crippen LogP contribution in [0.4, 0.5) is 5.69 Å². The van der Waals surface area contributed by atoms with Crippen LogP contribution < -0.4 is 14.4 Å². The topological polar surface area (TPSA) is 24.9 Å². The van der Waals surface area contributed by atoms with Gasteiger partial charge in [-0.15, -0.1) is 0 Å². The first-order chi connectivity index (χ1) is 27.4. The van der Waals surface area contributed by atoms with Crippen molar-refractivity contribution < 1.29 is 25.2 Å². The molecule has 2 aliphatic rings. The number of halogens is 1.